The molecule has 13 heavy (non-hydrogen) atoms. The molecule has 6 heteroatoms. The zero-order valence-electron chi connectivity index (χ0n) is 6.72. The predicted molar refractivity (Wildman–Crippen MR) is 40.1 cm³/mol. The largest absolute Gasteiger partial charge is 0.480 e. The maximum absolute atomic E-state index is 12.7. The second-order valence-corrected chi connectivity index (χ2v) is 2.24. The lowest BCUT2D eigenvalue weighted by Crippen LogP contribution is -2.03. The summed E-state index contributed by atoms with van der Waals surface area (Å²) in [5.41, 5.74) is 3.86. The van der Waals surface area contributed by atoms with Gasteiger partial charge in [0.25, 0.3) is 6.43 Å². The summed E-state index contributed by atoms with van der Waals surface area (Å²) in [4.78, 5) is 3.38. The zero-order valence-corrected chi connectivity index (χ0v) is 6.72. The van der Waals surface area contributed by atoms with Gasteiger partial charge in [-0.3, -0.25) is 0 Å². The van der Waals surface area contributed by atoms with E-state index in [-0.39, 0.29) is 5.88 Å². The minimum Gasteiger partial charge on any atom is -0.480 e. The highest BCUT2D eigenvalue weighted by Gasteiger charge is 2.20. The number of methoxy groups -OCH3 is 1. The Kier molecular flexibility index (Phi) is 2.60. The topological polar surface area (TPSA) is 48.1 Å². The van der Waals surface area contributed by atoms with Crippen molar-refractivity contribution in [2.75, 3.05) is 12.8 Å². The third-order valence-corrected chi connectivity index (χ3v) is 1.48. The summed E-state index contributed by atoms with van der Waals surface area (Å²) in [6.07, 6.45) is -2.33. The maximum Gasteiger partial charge on any atom is 0.268 e. The predicted octanol–water partition coefficient (Wildman–Crippen LogP) is 1.75. The van der Waals surface area contributed by atoms with Crippen molar-refractivity contribution in [3.05, 3.63) is 17.6 Å². The van der Waals surface area contributed by atoms with Crippen LogP contribution < -0.4 is 10.5 Å². The van der Waals surface area contributed by atoms with Gasteiger partial charge in [0, 0.05) is 0 Å². The second-order valence-electron chi connectivity index (χ2n) is 2.24. The van der Waals surface area contributed by atoms with Gasteiger partial charge in [0.15, 0.2) is 5.82 Å². The Balaban J connectivity index is 3.30. The van der Waals surface area contributed by atoms with E-state index < -0.39 is 23.5 Å². The number of aromatic nitrogens is 1. The van der Waals surface area contributed by atoms with Crippen LogP contribution in [-0.4, -0.2) is 12.1 Å². The molecule has 72 valence electrons. The Morgan fingerprint density at radius 1 is 1.54 bits per heavy atom. The molecular formula is C7H7F3N2O. The molecule has 1 aromatic rings. The Hall–Kier alpha value is -1.46. The van der Waals surface area contributed by atoms with Gasteiger partial charge in [-0.1, -0.05) is 0 Å². The van der Waals surface area contributed by atoms with Crippen LogP contribution in [0.3, 0.4) is 0 Å². The molecule has 3 nitrogen and oxygen atoms in total. The number of nitrogens with two attached hydrogens (primary N) is 1. The fraction of sp³-hybridized carbons (Fsp3) is 0.286. The van der Waals surface area contributed by atoms with Crippen molar-refractivity contribution >= 4 is 5.69 Å². The van der Waals surface area contributed by atoms with Crippen LogP contribution in [0, 0.1) is 5.82 Å². The first-order valence-electron chi connectivity index (χ1n) is 3.34. The molecule has 0 aromatic carbocycles. The molecule has 0 radical (unpaired) electrons. The lowest BCUT2D eigenvalue weighted by Gasteiger charge is -2.08. The van der Waals surface area contributed by atoms with Crippen molar-refractivity contribution in [1.29, 1.82) is 0 Å². The number of hydrogen-bond donors (Lipinski definition) is 1. The fourth-order valence-electron chi connectivity index (χ4n) is 0.883. The number of hydrogen-bond acceptors (Lipinski definition) is 3. The monoisotopic (exact) mass is 192 g/mol. The van der Waals surface area contributed by atoms with Crippen LogP contribution in [0.4, 0.5) is 18.9 Å². The first-order valence-corrected chi connectivity index (χ1v) is 3.34. The van der Waals surface area contributed by atoms with Gasteiger partial charge >= 0.3 is 0 Å². The van der Waals surface area contributed by atoms with Gasteiger partial charge in [-0.05, 0) is 0 Å². The molecule has 2 N–H and O–H groups in total. The van der Waals surface area contributed by atoms with Gasteiger partial charge in [-0.15, -0.1) is 0 Å². The first-order chi connectivity index (χ1) is 6.07. The lowest BCUT2D eigenvalue weighted by atomic mass is 10.2. The fourth-order valence-corrected chi connectivity index (χ4v) is 0.883. The average molecular weight is 192 g/mol. The van der Waals surface area contributed by atoms with Gasteiger partial charge in [-0.25, -0.2) is 18.2 Å². The number of pyridine rings is 1. The van der Waals surface area contributed by atoms with Crippen molar-refractivity contribution in [1.82, 2.24) is 4.98 Å². The van der Waals surface area contributed by atoms with Crippen LogP contribution in [0.1, 0.15) is 12.0 Å². The number of alkyl halides is 2. The molecule has 0 aliphatic carbocycles. The van der Waals surface area contributed by atoms with Crippen LogP contribution in [0.15, 0.2) is 6.20 Å². The molecule has 0 saturated heterocycles. The number of anilines is 1. The molecule has 0 fully saturated rings. The Morgan fingerprint density at radius 2 is 2.15 bits per heavy atom. The van der Waals surface area contributed by atoms with Gasteiger partial charge in [0.05, 0.1) is 18.9 Å². The van der Waals surface area contributed by atoms with Gasteiger partial charge < -0.3 is 10.5 Å². The number of ether oxygens (including phenoxy) is 1. The van der Waals surface area contributed by atoms with E-state index in [1.54, 1.807) is 0 Å². The van der Waals surface area contributed by atoms with Crippen LogP contribution in [-0.2, 0) is 0 Å². The van der Waals surface area contributed by atoms with Crippen LogP contribution >= 0.6 is 0 Å². The number of rotatable bonds is 2. The minimum absolute atomic E-state index is 0.197. The summed E-state index contributed by atoms with van der Waals surface area (Å²) in [7, 11) is 1.21. The third-order valence-electron chi connectivity index (χ3n) is 1.48. The quantitative estimate of drug-likeness (QED) is 0.776. The van der Waals surface area contributed by atoms with E-state index in [1.165, 1.54) is 7.11 Å². The Morgan fingerprint density at radius 3 is 2.62 bits per heavy atom. The SMILES string of the molecule is COc1ncc(F)c(C(F)F)c1N. The zero-order chi connectivity index (χ0) is 10.0. The van der Waals surface area contributed by atoms with E-state index in [2.05, 4.69) is 9.72 Å². The van der Waals surface area contributed by atoms with Gasteiger partial charge in [0.2, 0.25) is 5.88 Å². The number of halogens is 3. The standard InChI is InChI=1S/C7H7F3N2O/c1-13-7-5(11)4(6(9)10)3(8)2-12-7/h2,6H,11H2,1H3. The first kappa shape index (κ1) is 9.63. The third kappa shape index (κ3) is 1.66. The molecule has 1 heterocycles. The average Bonchev–Trinajstić information content (AvgIpc) is 2.04. The van der Waals surface area contributed by atoms with Gasteiger partial charge in [0.1, 0.15) is 5.69 Å². The summed E-state index contributed by atoms with van der Waals surface area (Å²) < 4.78 is 41.7. The van der Waals surface area contributed by atoms with E-state index in [4.69, 9.17) is 5.73 Å². The van der Waals surface area contributed by atoms with E-state index in [0.717, 1.165) is 0 Å². The van der Waals surface area contributed by atoms with E-state index in [9.17, 15) is 13.2 Å². The van der Waals surface area contributed by atoms with Crippen LogP contribution in [0.5, 0.6) is 5.88 Å². The Labute approximate surface area is 72.3 Å². The number of nitrogens with zero attached hydrogens (tertiary/aromatic N) is 1. The molecule has 0 saturated carbocycles. The smallest absolute Gasteiger partial charge is 0.268 e. The van der Waals surface area contributed by atoms with Crippen molar-refractivity contribution in [3.8, 4) is 5.88 Å². The van der Waals surface area contributed by atoms with Crippen molar-refractivity contribution in [3.63, 3.8) is 0 Å². The molecule has 0 atom stereocenters. The highest BCUT2D eigenvalue weighted by molar-refractivity contribution is 5.55. The molecule has 0 spiro atoms. The number of nitrogen functional groups attached to an aromatic ring is 1. The molecule has 1 rings (SSSR count). The highest BCUT2D eigenvalue weighted by Crippen LogP contribution is 2.32. The van der Waals surface area contributed by atoms with Crippen molar-refractivity contribution < 1.29 is 17.9 Å². The van der Waals surface area contributed by atoms with Crippen LogP contribution in [0.25, 0.3) is 0 Å². The summed E-state index contributed by atoms with van der Waals surface area (Å²) in [6, 6.07) is 0. The summed E-state index contributed by atoms with van der Waals surface area (Å²) in [6.45, 7) is 0. The van der Waals surface area contributed by atoms with Crippen molar-refractivity contribution in [2.24, 2.45) is 0 Å². The summed E-state index contributed by atoms with van der Waals surface area (Å²) in [5.74, 6) is -1.33. The molecular weight excluding hydrogens is 185 g/mol. The molecule has 0 bridgehead atoms. The van der Waals surface area contributed by atoms with Crippen LogP contribution in [0.2, 0.25) is 0 Å². The molecule has 0 aliphatic rings. The molecule has 1 aromatic heterocycles. The highest BCUT2D eigenvalue weighted by atomic mass is 19.3. The summed E-state index contributed by atoms with van der Waals surface area (Å²) in [5, 5.41) is 0. The maximum atomic E-state index is 12.7. The minimum atomic E-state index is -2.98. The van der Waals surface area contributed by atoms with E-state index in [0.29, 0.717) is 6.20 Å². The molecule has 0 unspecified atom stereocenters. The normalized spacial score (nSPS) is 10.5. The molecule has 0 amide bonds. The Bertz CT molecular complexity index is 317. The summed E-state index contributed by atoms with van der Waals surface area (Å²) >= 11 is 0. The van der Waals surface area contributed by atoms with Gasteiger partial charge in [-0.2, -0.15) is 0 Å². The molecule has 0 aliphatic heterocycles. The van der Waals surface area contributed by atoms with E-state index >= 15 is 0 Å². The second kappa shape index (κ2) is 3.51. The van der Waals surface area contributed by atoms with Crippen molar-refractivity contribution in [2.45, 2.75) is 6.43 Å². The van der Waals surface area contributed by atoms with E-state index in [1.807, 2.05) is 0 Å². The lowest BCUT2D eigenvalue weighted by molar-refractivity contribution is 0.146.